The molecule has 3 N–H and O–H groups in total. The molecule has 0 atom stereocenters. The van der Waals surface area contributed by atoms with Crippen molar-refractivity contribution in [2.24, 2.45) is 5.73 Å². The van der Waals surface area contributed by atoms with E-state index in [1.165, 1.54) is 32.4 Å². The van der Waals surface area contributed by atoms with Gasteiger partial charge in [-0.3, -0.25) is 0 Å². The monoisotopic (exact) mass is 174 g/mol. The maximum Gasteiger partial charge on any atom is -0.00490 e. The van der Waals surface area contributed by atoms with Crippen LogP contribution in [-0.2, 0) is 0 Å². The lowest BCUT2D eigenvalue weighted by Gasteiger charge is -1.98. The number of hydrogen-bond donors (Lipinski definition) is 2. The van der Waals surface area contributed by atoms with E-state index >= 15 is 0 Å². The number of nitrogens with one attached hydrogen (secondary N) is 1. The third-order valence-electron chi connectivity index (χ3n) is 1.42. The summed E-state index contributed by atoms with van der Waals surface area (Å²) in [6.45, 7) is 9.66. The lowest BCUT2D eigenvalue weighted by molar-refractivity contribution is 0.633. The zero-order valence-corrected chi connectivity index (χ0v) is 9.03. The van der Waals surface area contributed by atoms with Crippen molar-refractivity contribution >= 4 is 0 Å². The smallest absolute Gasteiger partial charge is 0.00490 e. The molecule has 0 aliphatic heterocycles. The van der Waals surface area contributed by atoms with Gasteiger partial charge in [0.05, 0.1) is 0 Å². The lowest BCUT2D eigenvalue weighted by Crippen LogP contribution is -2.15. The summed E-state index contributed by atoms with van der Waals surface area (Å²) in [4.78, 5) is 0. The Morgan fingerprint density at radius 2 is 1.50 bits per heavy atom. The van der Waals surface area contributed by atoms with Crippen molar-refractivity contribution in [1.29, 1.82) is 0 Å². The summed E-state index contributed by atoms with van der Waals surface area (Å²) in [5.74, 6) is 0. The fraction of sp³-hybridized carbons (Fsp3) is 1.00. The third-order valence-corrected chi connectivity index (χ3v) is 1.42. The highest BCUT2D eigenvalue weighted by Crippen LogP contribution is 1.81. The number of hydrogen-bond acceptors (Lipinski definition) is 2. The molecule has 0 aliphatic rings. The lowest BCUT2D eigenvalue weighted by atomic mass is 10.3. The van der Waals surface area contributed by atoms with E-state index in [1.807, 2.05) is 0 Å². The molecule has 0 heterocycles. The van der Waals surface area contributed by atoms with Gasteiger partial charge >= 0.3 is 0 Å². The zero-order chi connectivity index (χ0) is 9.66. The predicted octanol–water partition coefficient (Wildman–Crippen LogP) is 2.14. The summed E-state index contributed by atoms with van der Waals surface area (Å²) in [5, 5.41) is 3.34. The molecule has 12 heavy (non-hydrogen) atoms. The van der Waals surface area contributed by atoms with Gasteiger partial charge in [0.2, 0.25) is 0 Å². The molecular weight excluding hydrogens is 148 g/mol. The molecule has 0 rings (SSSR count). The molecule has 0 saturated carbocycles. The third kappa shape index (κ3) is 22.5. The second kappa shape index (κ2) is 17.1. The second-order valence-corrected chi connectivity index (χ2v) is 2.89. The predicted molar refractivity (Wildman–Crippen MR) is 57.4 cm³/mol. The van der Waals surface area contributed by atoms with Gasteiger partial charge in [0.25, 0.3) is 0 Å². The van der Waals surface area contributed by atoms with Gasteiger partial charge in [-0.1, -0.05) is 27.2 Å². The molecule has 0 bridgehead atoms. The topological polar surface area (TPSA) is 38.0 Å². The van der Waals surface area contributed by atoms with Crippen LogP contribution in [0, 0.1) is 0 Å². The first-order chi connectivity index (χ1) is 5.83. The van der Waals surface area contributed by atoms with Crippen LogP contribution in [0.25, 0.3) is 0 Å². The minimum absolute atomic E-state index is 0.819. The first-order valence-corrected chi connectivity index (χ1v) is 5.24. The molecule has 0 aromatic heterocycles. The van der Waals surface area contributed by atoms with Gasteiger partial charge in [-0.25, -0.2) is 0 Å². The molecule has 0 amide bonds. The van der Waals surface area contributed by atoms with E-state index in [2.05, 4.69) is 26.1 Å². The maximum atomic E-state index is 5.03. The Hall–Kier alpha value is -0.0800. The quantitative estimate of drug-likeness (QED) is 0.605. The summed E-state index contributed by atoms with van der Waals surface area (Å²) in [6.07, 6.45) is 4.97. The van der Waals surface area contributed by atoms with Crippen LogP contribution in [0.3, 0.4) is 0 Å². The second-order valence-electron chi connectivity index (χ2n) is 2.89. The van der Waals surface area contributed by atoms with Crippen molar-refractivity contribution in [1.82, 2.24) is 5.32 Å². The highest BCUT2D eigenvalue weighted by atomic mass is 14.8. The van der Waals surface area contributed by atoms with E-state index in [4.69, 9.17) is 5.73 Å². The van der Waals surface area contributed by atoms with Gasteiger partial charge in [0, 0.05) is 0 Å². The number of nitrogens with two attached hydrogens (primary N) is 1. The SMILES string of the molecule is CCCCNCCC.CCCN. The van der Waals surface area contributed by atoms with Crippen molar-refractivity contribution in [2.45, 2.75) is 46.5 Å². The van der Waals surface area contributed by atoms with Crippen molar-refractivity contribution in [2.75, 3.05) is 19.6 Å². The zero-order valence-electron chi connectivity index (χ0n) is 9.03. The van der Waals surface area contributed by atoms with E-state index in [1.54, 1.807) is 0 Å². The largest absolute Gasteiger partial charge is 0.330 e. The average Bonchev–Trinajstić information content (AvgIpc) is 2.13. The molecule has 0 aromatic carbocycles. The van der Waals surface area contributed by atoms with Crippen LogP contribution in [0.2, 0.25) is 0 Å². The van der Waals surface area contributed by atoms with E-state index in [9.17, 15) is 0 Å². The Kier molecular flexibility index (Phi) is 20.6. The van der Waals surface area contributed by atoms with E-state index in [0.29, 0.717) is 0 Å². The Balaban J connectivity index is 0. The molecule has 0 aromatic rings. The van der Waals surface area contributed by atoms with E-state index in [0.717, 1.165) is 13.0 Å². The first-order valence-electron chi connectivity index (χ1n) is 5.24. The van der Waals surface area contributed by atoms with Gasteiger partial charge in [-0.15, -0.1) is 0 Å². The highest BCUT2D eigenvalue weighted by molar-refractivity contribution is 4.43. The normalized spacial score (nSPS) is 9.00. The molecule has 0 radical (unpaired) electrons. The van der Waals surface area contributed by atoms with Gasteiger partial charge < -0.3 is 11.1 Å². The molecule has 0 fully saturated rings. The summed E-state index contributed by atoms with van der Waals surface area (Å²) < 4.78 is 0. The number of unbranched alkanes of at least 4 members (excludes halogenated alkanes) is 1. The minimum Gasteiger partial charge on any atom is -0.330 e. The molecule has 0 unspecified atom stereocenters. The van der Waals surface area contributed by atoms with Crippen LogP contribution in [0.15, 0.2) is 0 Å². The van der Waals surface area contributed by atoms with Crippen LogP contribution in [-0.4, -0.2) is 19.6 Å². The molecular formula is C10H26N2. The van der Waals surface area contributed by atoms with Crippen LogP contribution < -0.4 is 11.1 Å². The molecule has 0 aliphatic carbocycles. The van der Waals surface area contributed by atoms with Gasteiger partial charge in [-0.2, -0.15) is 0 Å². The van der Waals surface area contributed by atoms with Crippen molar-refractivity contribution in [3.05, 3.63) is 0 Å². The summed E-state index contributed by atoms with van der Waals surface area (Å²) in [5.41, 5.74) is 5.03. The molecule has 76 valence electrons. The maximum absolute atomic E-state index is 5.03. The summed E-state index contributed by atoms with van der Waals surface area (Å²) in [7, 11) is 0. The Morgan fingerprint density at radius 1 is 0.917 bits per heavy atom. The summed E-state index contributed by atoms with van der Waals surface area (Å²) in [6, 6.07) is 0. The fourth-order valence-corrected chi connectivity index (χ4v) is 0.604. The van der Waals surface area contributed by atoms with Crippen LogP contribution >= 0.6 is 0 Å². The van der Waals surface area contributed by atoms with Crippen molar-refractivity contribution in [3.63, 3.8) is 0 Å². The average molecular weight is 174 g/mol. The van der Waals surface area contributed by atoms with Crippen LogP contribution in [0.4, 0.5) is 0 Å². The highest BCUT2D eigenvalue weighted by Gasteiger charge is 1.80. The molecule has 2 heteroatoms. The Bertz CT molecular complexity index is 47.8. The molecule has 2 nitrogen and oxygen atoms in total. The van der Waals surface area contributed by atoms with Crippen LogP contribution in [0.5, 0.6) is 0 Å². The number of rotatable bonds is 6. The standard InChI is InChI=1S/C7H17N.C3H9N/c1-3-5-7-8-6-4-2;1-2-3-4/h8H,3-7H2,1-2H3;2-4H2,1H3. The first kappa shape index (κ1) is 14.4. The summed E-state index contributed by atoms with van der Waals surface area (Å²) >= 11 is 0. The van der Waals surface area contributed by atoms with Gasteiger partial charge in [-0.05, 0) is 38.9 Å². The minimum atomic E-state index is 0.819. The van der Waals surface area contributed by atoms with Gasteiger partial charge in [0.1, 0.15) is 0 Å². The van der Waals surface area contributed by atoms with E-state index < -0.39 is 0 Å². The van der Waals surface area contributed by atoms with Crippen molar-refractivity contribution < 1.29 is 0 Å². The Labute approximate surface area is 77.9 Å². The van der Waals surface area contributed by atoms with Crippen LogP contribution in [0.1, 0.15) is 46.5 Å². The Morgan fingerprint density at radius 3 is 1.83 bits per heavy atom. The molecule has 0 spiro atoms. The van der Waals surface area contributed by atoms with Gasteiger partial charge in [0.15, 0.2) is 0 Å². The van der Waals surface area contributed by atoms with Crippen molar-refractivity contribution in [3.8, 4) is 0 Å². The molecule has 0 saturated heterocycles. The van der Waals surface area contributed by atoms with E-state index in [-0.39, 0.29) is 0 Å². The fourth-order valence-electron chi connectivity index (χ4n) is 0.604.